The van der Waals surface area contributed by atoms with Gasteiger partial charge in [0.25, 0.3) is 0 Å². The number of likely N-dealkylation sites (tertiary alicyclic amines) is 1. The molecule has 0 saturated carbocycles. The third-order valence-corrected chi connectivity index (χ3v) is 6.36. The first kappa shape index (κ1) is 23.2. The van der Waals surface area contributed by atoms with Crippen LogP contribution in [0.1, 0.15) is 23.6 Å². The van der Waals surface area contributed by atoms with Crippen LogP contribution < -0.4 is 4.74 Å². The molecule has 5 rings (SSSR count). The minimum absolute atomic E-state index is 0.00359. The number of amides is 2. The van der Waals surface area contributed by atoms with E-state index in [2.05, 4.69) is 15.2 Å². The van der Waals surface area contributed by atoms with Crippen LogP contribution in [0.4, 0.5) is 18.0 Å². The summed E-state index contributed by atoms with van der Waals surface area (Å²) in [5.41, 5.74) is 2.11. The molecule has 2 aliphatic heterocycles. The molecule has 0 spiro atoms. The van der Waals surface area contributed by atoms with Gasteiger partial charge in [-0.25, -0.2) is 23.0 Å². The van der Waals surface area contributed by atoms with Crippen molar-refractivity contribution in [2.45, 2.75) is 25.5 Å². The standard InChI is InChI=1S/C23H20ClF3N6O2/c1-12-21(31(2)30-22(12)24)18-8-20(17(27)9-28-18)35-16-10-32(11-16)23(34)33-19(3-4-29-33)13-5-14(25)7-15(26)6-13/h4-9,16,19H,3,10-11H2,1-2H3/t19-/m0/s1. The highest BCUT2D eigenvalue weighted by atomic mass is 35.5. The van der Waals surface area contributed by atoms with Crippen molar-refractivity contribution in [2.75, 3.05) is 13.1 Å². The zero-order chi connectivity index (χ0) is 24.9. The quantitative estimate of drug-likeness (QED) is 0.525. The van der Waals surface area contributed by atoms with E-state index in [9.17, 15) is 18.0 Å². The predicted molar refractivity (Wildman–Crippen MR) is 122 cm³/mol. The number of carbonyl (C=O) groups excluding carboxylic acids is 1. The summed E-state index contributed by atoms with van der Waals surface area (Å²) >= 11 is 6.08. The van der Waals surface area contributed by atoms with E-state index in [1.165, 1.54) is 34.3 Å². The summed E-state index contributed by atoms with van der Waals surface area (Å²) in [6.07, 6.45) is 2.48. The average molecular weight is 505 g/mol. The van der Waals surface area contributed by atoms with Gasteiger partial charge in [0.15, 0.2) is 16.7 Å². The van der Waals surface area contributed by atoms with Gasteiger partial charge in [0.05, 0.1) is 36.7 Å². The SMILES string of the molecule is Cc1c(Cl)nn(C)c1-c1cc(OC2CN(C(=O)N3N=CC[C@H]3c3cc(F)cc(F)c3)C2)c(F)cn1. The van der Waals surface area contributed by atoms with Crippen LogP contribution in [0.25, 0.3) is 11.4 Å². The van der Waals surface area contributed by atoms with Crippen molar-refractivity contribution in [1.82, 2.24) is 24.7 Å². The molecule has 3 aromatic rings. The van der Waals surface area contributed by atoms with Crippen LogP contribution in [0, 0.1) is 24.4 Å². The van der Waals surface area contributed by atoms with Crippen LogP contribution in [0.2, 0.25) is 5.15 Å². The molecule has 2 amide bonds. The van der Waals surface area contributed by atoms with E-state index >= 15 is 0 Å². The lowest BCUT2D eigenvalue weighted by Gasteiger charge is -2.41. The lowest BCUT2D eigenvalue weighted by molar-refractivity contribution is 0.0256. The lowest BCUT2D eigenvalue weighted by atomic mass is 10.0. The molecule has 4 heterocycles. The third-order valence-electron chi connectivity index (χ3n) is 6.00. The normalized spacial score (nSPS) is 17.7. The Bertz CT molecular complexity index is 1320. The molecule has 8 nitrogen and oxygen atoms in total. The van der Waals surface area contributed by atoms with Gasteiger partial charge in [0.2, 0.25) is 0 Å². The highest BCUT2D eigenvalue weighted by Crippen LogP contribution is 2.33. The molecule has 0 unspecified atom stereocenters. The van der Waals surface area contributed by atoms with Crippen molar-refractivity contribution in [1.29, 1.82) is 0 Å². The number of rotatable bonds is 4. The first-order valence-corrected chi connectivity index (χ1v) is 11.2. The number of nitrogens with zero attached hydrogens (tertiary/aromatic N) is 6. The summed E-state index contributed by atoms with van der Waals surface area (Å²) < 4.78 is 49.1. The Kier molecular flexibility index (Phi) is 5.87. The topological polar surface area (TPSA) is 75.8 Å². The van der Waals surface area contributed by atoms with Crippen LogP contribution in [0.3, 0.4) is 0 Å². The molecule has 0 bridgehead atoms. The van der Waals surface area contributed by atoms with Crippen LogP contribution in [0.15, 0.2) is 35.6 Å². The molecule has 12 heteroatoms. The minimum atomic E-state index is -0.723. The number of pyridine rings is 1. The second-order valence-electron chi connectivity index (χ2n) is 8.41. The fourth-order valence-corrected chi connectivity index (χ4v) is 4.43. The summed E-state index contributed by atoms with van der Waals surface area (Å²) in [5, 5.41) is 9.75. The molecular weight excluding hydrogens is 485 g/mol. The Hall–Kier alpha value is -3.60. The molecule has 0 radical (unpaired) electrons. The summed E-state index contributed by atoms with van der Waals surface area (Å²) in [4.78, 5) is 18.5. The Morgan fingerprint density at radius 3 is 2.51 bits per heavy atom. The molecule has 0 aliphatic carbocycles. The van der Waals surface area contributed by atoms with Crippen molar-refractivity contribution in [2.24, 2.45) is 12.1 Å². The highest BCUT2D eigenvalue weighted by molar-refractivity contribution is 6.30. The maximum atomic E-state index is 14.4. The van der Waals surface area contributed by atoms with E-state index in [0.717, 1.165) is 12.3 Å². The largest absolute Gasteiger partial charge is 0.483 e. The van der Waals surface area contributed by atoms with Gasteiger partial charge in [-0.05, 0) is 24.6 Å². The molecule has 0 N–H and O–H groups in total. The van der Waals surface area contributed by atoms with Crippen molar-refractivity contribution in [3.63, 3.8) is 0 Å². The molecular formula is C23H20ClF3N6O2. The Balaban J connectivity index is 1.26. The van der Waals surface area contributed by atoms with Crippen LogP contribution >= 0.6 is 11.6 Å². The average Bonchev–Trinajstić information content (AvgIpc) is 3.35. The molecule has 182 valence electrons. The zero-order valence-corrected chi connectivity index (χ0v) is 19.5. The molecule has 1 atom stereocenters. The van der Waals surface area contributed by atoms with E-state index < -0.39 is 35.6 Å². The van der Waals surface area contributed by atoms with Gasteiger partial charge < -0.3 is 9.64 Å². The van der Waals surface area contributed by atoms with Crippen LogP contribution in [-0.2, 0) is 7.05 Å². The van der Waals surface area contributed by atoms with Crippen molar-refractivity contribution < 1.29 is 22.7 Å². The zero-order valence-electron chi connectivity index (χ0n) is 18.8. The lowest BCUT2D eigenvalue weighted by Crippen LogP contribution is -2.58. The van der Waals surface area contributed by atoms with E-state index in [-0.39, 0.29) is 18.8 Å². The third kappa shape index (κ3) is 4.31. The Labute approximate surface area is 203 Å². The molecule has 35 heavy (non-hydrogen) atoms. The molecule has 2 aliphatic rings. The number of hydrogen-bond donors (Lipinski definition) is 0. The number of hydrazone groups is 1. The fraction of sp³-hybridized carbons (Fsp3) is 0.304. The monoisotopic (exact) mass is 504 g/mol. The summed E-state index contributed by atoms with van der Waals surface area (Å²) in [6.45, 7) is 2.18. The smallest absolute Gasteiger partial charge is 0.341 e. The predicted octanol–water partition coefficient (Wildman–Crippen LogP) is 4.48. The minimum Gasteiger partial charge on any atom is -0.483 e. The van der Waals surface area contributed by atoms with Crippen molar-refractivity contribution in [3.05, 3.63) is 64.2 Å². The van der Waals surface area contributed by atoms with Gasteiger partial charge in [0.1, 0.15) is 17.7 Å². The molecule has 1 fully saturated rings. The Morgan fingerprint density at radius 1 is 1.14 bits per heavy atom. The number of ether oxygens (including phenoxy) is 1. The second kappa shape index (κ2) is 8.88. The van der Waals surface area contributed by atoms with E-state index in [4.69, 9.17) is 16.3 Å². The van der Waals surface area contributed by atoms with Gasteiger partial charge in [-0.2, -0.15) is 10.2 Å². The molecule has 1 aromatic carbocycles. The number of halogens is 4. The van der Waals surface area contributed by atoms with Gasteiger partial charge in [-0.3, -0.25) is 9.67 Å². The van der Waals surface area contributed by atoms with E-state index in [1.54, 1.807) is 18.7 Å². The summed E-state index contributed by atoms with van der Waals surface area (Å²) in [7, 11) is 1.71. The maximum absolute atomic E-state index is 14.4. The number of aryl methyl sites for hydroxylation is 1. The first-order chi connectivity index (χ1) is 16.7. The van der Waals surface area contributed by atoms with Crippen molar-refractivity contribution >= 4 is 23.8 Å². The summed E-state index contributed by atoms with van der Waals surface area (Å²) in [6, 6.07) is 3.58. The van der Waals surface area contributed by atoms with Gasteiger partial charge in [-0.15, -0.1) is 0 Å². The molecule has 2 aromatic heterocycles. The number of aromatic nitrogens is 3. The first-order valence-electron chi connectivity index (χ1n) is 10.8. The fourth-order valence-electron chi connectivity index (χ4n) is 4.23. The summed E-state index contributed by atoms with van der Waals surface area (Å²) in [5.74, 6) is -2.09. The van der Waals surface area contributed by atoms with Gasteiger partial charge >= 0.3 is 6.03 Å². The van der Waals surface area contributed by atoms with Gasteiger partial charge in [-0.1, -0.05) is 11.6 Å². The highest BCUT2D eigenvalue weighted by Gasteiger charge is 2.39. The number of urea groups is 1. The van der Waals surface area contributed by atoms with E-state index in [1.807, 2.05) is 0 Å². The number of hydrogen-bond acceptors (Lipinski definition) is 5. The molecule has 1 saturated heterocycles. The maximum Gasteiger partial charge on any atom is 0.341 e. The van der Waals surface area contributed by atoms with Gasteiger partial charge in [0, 0.05) is 37.4 Å². The van der Waals surface area contributed by atoms with Crippen LogP contribution in [0.5, 0.6) is 5.75 Å². The number of carbonyl (C=O) groups is 1. The van der Waals surface area contributed by atoms with Crippen LogP contribution in [-0.4, -0.2) is 56.1 Å². The number of benzene rings is 1. The van der Waals surface area contributed by atoms with E-state index in [0.29, 0.717) is 34.1 Å². The Morgan fingerprint density at radius 2 is 1.86 bits per heavy atom. The second-order valence-corrected chi connectivity index (χ2v) is 8.77. The van der Waals surface area contributed by atoms with Crippen molar-refractivity contribution in [3.8, 4) is 17.1 Å².